The minimum atomic E-state index is -3.08. The van der Waals surface area contributed by atoms with Crippen LogP contribution < -0.4 is 10.1 Å². The first-order chi connectivity index (χ1) is 9.97. The van der Waals surface area contributed by atoms with E-state index in [0.717, 1.165) is 6.07 Å². The van der Waals surface area contributed by atoms with Crippen molar-refractivity contribution < 1.29 is 27.2 Å². The highest BCUT2D eigenvalue weighted by molar-refractivity contribution is 5.92. The van der Waals surface area contributed by atoms with E-state index in [-0.39, 0.29) is 23.6 Å². The Balaban J connectivity index is 2.10. The molecule has 0 fully saturated rings. The Kier molecular flexibility index (Phi) is 4.46. The number of nitrogens with zero attached hydrogens (tertiary/aromatic N) is 1. The van der Waals surface area contributed by atoms with Crippen molar-refractivity contribution in [2.24, 2.45) is 0 Å². The van der Waals surface area contributed by atoms with Gasteiger partial charge in [-0.05, 0) is 19.1 Å². The average Bonchev–Trinajstić information content (AvgIpc) is 2.84. The molecule has 0 aliphatic carbocycles. The number of ether oxygens (including phenoxy) is 1. The Morgan fingerprint density at radius 2 is 2.24 bits per heavy atom. The molecule has 0 aliphatic rings. The Hall–Kier alpha value is -2.51. The van der Waals surface area contributed by atoms with Crippen LogP contribution in [0.2, 0.25) is 0 Å². The fourth-order valence-corrected chi connectivity index (χ4v) is 1.65. The number of rotatable bonds is 5. The summed E-state index contributed by atoms with van der Waals surface area (Å²) in [5.74, 6) is -1.27. The van der Waals surface area contributed by atoms with Crippen LogP contribution in [-0.4, -0.2) is 17.7 Å². The van der Waals surface area contributed by atoms with Gasteiger partial charge in [0, 0.05) is 18.2 Å². The molecule has 1 amide bonds. The number of alkyl halides is 2. The summed E-state index contributed by atoms with van der Waals surface area (Å²) < 4.78 is 47.1. The van der Waals surface area contributed by atoms with Crippen LogP contribution in [0.4, 0.5) is 13.2 Å². The number of benzene rings is 1. The van der Waals surface area contributed by atoms with Crippen molar-refractivity contribution in [3.63, 3.8) is 0 Å². The van der Waals surface area contributed by atoms with Crippen molar-refractivity contribution in [3.05, 3.63) is 47.1 Å². The molecule has 0 radical (unpaired) electrons. The summed E-state index contributed by atoms with van der Waals surface area (Å²) in [4.78, 5) is 11.7. The lowest BCUT2D eigenvalue weighted by Gasteiger charge is -2.11. The molecule has 0 saturated heterocycles. The molecule has 0 aliphatic heterocycles. The van der Waals surface area contributed by atoms with Gasteiger partial charge < -0.3 is 14.6 Å². The molecular formula is C13H11F3N2O3. The summed E-state index contributed by atoms with van der Waals surface area (Å²) in [5.41, 5.74) is -0.161. The van der Waals surface area contributed by atoms with Crippen LogP contribution in [-0.2, 0) is 6.54 Å². The van der Waals surface area contributed by atoms with Gasteiger partial charge in [-0.2, -0.15) is 8.78 Å². The van der Waals surface area contributed by atoms with Crippen molar-refractivity contribution in [2.75, 3.05) is 0 Å². The molecule has 0 spiro atoms. The highest BCUT2D eigenvalue weighted by Crippen LogP contribution is 2.23. The first-order valence-corrected chi connectivity index (χ1v) is 5.91. The maximum Gasteiger partial charge on any atom is 0.387 e. The van der Waals surface area contributed by atoms with Gasteiger partial charge in [0.15, 0.2) is 5.69 Å². The Morgan fingerprint density at radius 3 is 2.86 bits per heavy atom. The number of nitrogens with one attached hydrogen (secondary N) is 1. The fraction of sp³-hybridized carbons (Fsp3) is 0.231. The molecule has 1 aromatic heterocycles. The molecule has 1 heterocycles. The lowest BCUT2D eigenvalue weighted by Crippen LogP contribution is -2.24. The predicted octanol–water partition coefficient (Wildman–Crippen LogP) is 2.65. The molecule has 5 nitrogen and oxygen atoms in total. The second kappa shape index (κ2) is 6.29. The molecule has 0 atom stereocenters. The number of carbonyl (C=O) groups excluding carboxylic acids is 1. The lowest BCUT2D eigenvalue weighted by molar-refractivity contribution is -0.0506. The van der Waals surface area contributed by atoms with Crippen LogP contribution in [0.5, 0.6) is 5.75 Å². The molecule has 1 N–H and O–H groups in total. The highest BCUT2D eigenvalue weighted by atomic mass is 19.3. The largest absolute Gasteiger partial charge is 0.434 e. The molecule has 112 valence electrons. The van der Waals surface area contributed by atoms with Gasteiger partial charge in [0.2, 0.25) is 0 Å². The SMILES string of the molecule is Cc1cc(C(=O)NCc2c(F)cccc2OC(F)F)no1. The standard InChI is InChI=1S/C13H11F3N2O3/c1-7-5-10(18-21-7)12(19)17-6-8-9(14)3-2-4-11(8)20-13(15)16/h2-5,13H,6H2,1H3,(H,17,19). The number of amides is 1. The first-order valence-electron chi connectivity index (χ1n) is 5.91. The van der Waals surface area contributed by atoms with E-state index in [9.17, 15) is 18.0 Å². The predicted molar refractivity (Wildman–Crippen MR) is 65.4 cm³/mol. The quantitative estimate of drug-likeness (QED) is 0.922. The zero-order chi connectivity index (χ0) is 15.4. The monoisotopic (exact) mass is 300 g/mol. The van der Waals surface area contributed by atoms with Crippen LogP contribution in [0.3, 0.4) is 0 Å². The summed E-state index contributed by atoms with van der Waals surface area (Å²) in [7, 11) is 0. The van der Waals surface area contributed by atoms with Crippen LogP contribution in [0.1, 0.15) is 21.8 Å². The van der Waals surface area contributed by atoms with E-state index in [1.807, 2.05) is 0 Å². The van der Waals surface area contributed by atoms with Gasteiger partial charge in [-0.15, -0.1) is 0 Å². The summed E-state index contributed by atoms with van der Waals surface area (Å²) >= 11 is 0. The fourth-order valence-electron chi connectivity index (χ4n) is 1.65. The zero-order valence-electron chi connectivity index (χ0n) is 10.9. The van der Waals surface area contributed by atoms with Crippen molar-refractivity contribution in [1.82, 2.24) is 10.5 Å². The summed E-state index contributed by atoms with van der Waals surface area (Å²) in [6.07, 6.45) is 0. The van der Waals surface area contributed by atoms with E-state index in [0.29, 0.717) is 5.76 Å². The third-order valence-electron chi connectivity index (χ3n) is 2.58. The Bertz CT molecular complexity index is 643. The maximum atomic E-state index is 13.6. The number of aromatic nitrogens is 1. The van der Waals surface area contributed by atoms with Gasteiger partial charge >= 0.3 is 6.61 Å². The van der Waals surface area contributed by atoms with E-state index in [1.54, 1.807) is 6.92 Å². The smallest absolute Gasteiger partial charge is 0.387 e. The van der Waals surface area contributed by atoms with Crippen LogP contribution in [0, 0.1) is 12.7 Å². The van der Waals surface area contributed by atoms with Crippen LogP contribution in [0.15, 0.2) is 28.8 Å². The van der Waals surface area contributed by atoms with Crippen molar-refractivity contribution in [1.29, 1.82) is 0 Å². The molecular weight excluding hydrogens is 289 g/mol. The Morgan fingerprint density at radius 1 is 1.48 bits per heavy atom. The molecule has 2 rings (SSSR count). The minimum Gasteiger partial charge on any atom is -0.434 e. The van der Waals surface area contributed by atoms with Gasteiger partial charge in [0.25, 0.3) is 5.91 Å². The molecule has 1 aromatic carbocycles. The normalized spacial score (nSPS) is 10.7. The summed E-state index contributed by atoms with van der Waals surface area (Å²) in [6, 6.07) is 4.91. The molecule has 0 saturated carbocycles. The van der Waals surface area contributed by atoms with Crippen LogP contribution in [0.25, 0.3) is 0 Å². The van der Waals surface area contributed by atoms with Crippen molar-refractivity contribution in [3.8, 4) is 5.75 Å². The number of halogens is 3. The Labute approximate surface area is 117 Å². The van der Waals surface area contributed by atoms with Gasteiger partial charge in [0.05, 0.1) is 0 Å². The van der Waals surface area contributed by atoms with E-state index in [2.05, 4.69) is 15.2 Å². The second-order valence-electron chi connectivity index (χ2n) is 4.10. The minimum absolute atomic E-state index is 0.0140. The van der Waals surface area contributed by atoms with E-state index in [4.69, 9.17) is 4.52 Å². The number of carbonyl (C=O) groups is 1. The summed E-state index contributed by atoms with van der Waals surface area (Å²) in [6.45, 7) is -1.80. The van der Waals surface area contributed by atoms with Gasteiger partial charge in [-0.3, -0.25) is 4.79 Å². The van der Waals surface area contributed by atoms with E-state index in [1.165, 1.54) is 18.2 Å². The highest BCUT2D eigenvalue weighted by Gasteiger charge is 2.16. The lowest BCUT2D eigenvalue weighted by atomic mass is 10.2. The van der Waals surface area contributed by atoms with Gasteiger partial charge in [-0.25, -0.2) is 4.39 Å². The maximum absolute atomic E-state index is 13.6. The molecule has 0 unspecified atom stereocenters. The first kappa shape index (κ1) is 14.9. The third-order valence-corrected chi connectivity index (χ3v) is 2.58. The van der Waals surface area contributed by atoms with Crippen molar-refractivity contribution >= 4 is 5.91 Å². The average molecular weight is 300 g/mol. The topological polar surface area (TPSA) is 64.4 Å². The zero-order valence-corrected chi connectivity index (χ0v) is 10.9. The van der Waals surface area contributed by atoms with E-state index < -0.39 is 18.3 Å². The molecule has 8 heteroatoms. The number of hydrogen-bond donors (Lipinski definition) is 1. The second-order valence-corrected chi connectivity index (χ2v) is 4.10. The van der Waals surface area contributed by atoms with Crippen molar-refractivity contribution in [2.45, 2.75) is 20.1 Å². The third kappa shape index (κ3) is 3.74. The number of aryl methyl sites for hydroxylation is 1. The van der Waals surface area contributed by atoms with E-state index >= 15 is 0 Å². The molecule has 0 bridgehead atoms. The summed E-state index contributed by atoms with van der Waals surface area (Å²) in [5, 5.41) is 5.85. The van der Waals surface area contributed by atoms with Crippen LogP contribution >= 0.6 is 0 Å². The van der Waals surface area contributed by atoms with Gasteiger partial charge in [-0.1, -0.05) is 11.2 Å². The van der Waals surface area contributed by atoms with Gasteiger partial charge in [0.1, 0.15) is 17.3 Å². The molecule has 21 heavy (non-hydrogen) atoms. The number of hydrogen-bond acceptors (Lipinski definition) is 4. The molecule has 2 aromatic rings.